The molecule has 224 valence electrons. The van der Waals surface area contributed by atoms with E-state index in [0.717, 1.165) is 42.6 Å². The minimum absolute atomic E-state index is 0.0537. The summed E-state index contributed by atoms with van der Waals surface area (Å²) in [6.07, 6.45) is 7.14. The van der Waals surface area contributed by atoms with Gasteiger partial charge in [-0.05, 0) is 50.1 Å². The van der Waals surface area contributed by atoms with Gasteiger partial charge in [0.15, 0.2) is 0 Å². The Kier molecular flexibility index (Phi) is 9.08. The number of carbonyl (C=O) groups excluding carboxylic acids is 2. The summed E-state index contributed by atoms with van der Waals surface area (Å²) in [5.74, 6) is 1.48. The molecule has 0 bridgehead atoms. The van der Waals surface area contributed by atoms with Gasteiger partial charge in [0.2, 0.25) is 0 Å². The van der Waals surface area contributed by atoms with E-state index in [9.17, 15) is 9.59 Å². The summed E-state index contributed by atoms with van der Waals surface area (Å²) in [7, 11) is 1.50. The van der Waals surface area contributed by atoms with Crippen molar-refractivity contribution in [1.29, 1.82) is 0 Å². The van der Waals surface area contributed by atoms with Gasteiger partial charge in [-0.15, -0.1) is 0 Å². The van der Waals surface area contributed by atoms with E-state index in [4.69, 9.17) is 33.0 Å². The number of hydrogen-bond donors (Lipinski definition) is 4. The van der Waals surface area contributed by atoms with E-state index in [-0.39, 0.29) is 21.2 Å². The fraction of sp³-hybridized carbons (Fsp3) is 0.290. The van der Waals surface area contributed by atoms with E-state index >= 15 is 0 Å². The molecule has 4 amide bonds. The fourth-order valence-corrected chi connectivity index (χ4v) is 5.47. The molecule has 0 unspecified atom stereocenters. The number of nitrogens with zero attached hydrogens (tertiary/aromatic N) is 3. The molecule has 0 aliphatic heterocycles. The maximum Gasteiger partial charge on any atom is 0.324 e. The molecule has 43 heavy (non-hydrogen) atoms. The summed E-state index contributed by atoms with van der Waals surface area (Å²) in [5, 5.41) is 15.9. The molecule has 1 aliphatic rings. The van der Waals surface area contributed by atoms with Crippen LogP contribution >= 0.6 is 23.2 Å². The smallest absolute Gasteiger partial charge is 0.324 e. The molecule has 0 saturated heterocycles. The number of nitrogens with one attached hydrogen (secondary N) is 4. The SMILES string of the molecule is CNC(=O)Nc1cc(Oc2ccc(NC(=O)Nc3cc(C4(C)CCCCC4)nn3-c3ccc(C)cc3)c(Cl)c2Cl)ccn1. The molecular formula is C31H33Cl2N7O3. The van der Waals surface area contributed by atoms with Crippen LogP contribution in [-0.2, 0) is 5.41 Å². The maximum atomic E-state index is 13.2. The number of halogens is 2. The molecule has 1 aliphatic carbocycles. The van der Waals surface area contributed by atoms with Crippen molar-refractivity contribution >= 4 is 52.6 Å². The molecule has 0 spiro atoms. The molecule has 1 saturated carbocycles. The van der Waals surface area contributed by atoms with Gasteiger partial charge in [-0.25, -0.2) is 19.3 Å². The largest absolute Gasteiger partial charge is 0.456 e. The second kappa shape index (κ2) is 12.9. The van der Waals surface area contributed by atoms with Crippen molar-refractivity contribution in [3.05, 3.63) is 82.1 Å². The van der Waals surface area contributed by atoms with Crippen LogP contribution in [0.15, 0.2) is 60.8 Å². The summed E-state index contributed by atoms with van der Waals surface area (Å²) in [5.41, 5.74) is 3.18. The first-order chi connectivity index (χ1) is 20.6. The van der Waals surface area contributed by atoms with E-state index in [1.165, 1.54) is 25.7 Å². The lowest BCUT2D eigenvalue weighted by molar-refractivity contribution is 0.254. The van der Waals surface area contributed by atoms with Crippen LogP contribution in [0.2, 0.25) is 10.0 Å². The first-order valence-electron chi connectivity index (χ1n) is 14.0. The molecule has 12 heteroatoms. The lowest BCUT2D eigenvalue weighted by Gasteiger charge is -2.31. The Morgan fingerprint density at radius 1 is 0.907 bits per heavy atom. The average Bonchev–Trinajstić information content (AvgIpc) is 3.42. The Hall–Kier alpha value is -4.28. The van der Waals surface area contributed by atoms with Gasteiger partial charge >= 0.3 is 12.1 Å². The average molecular weight is 623 g/mol. The zero-order chi connectivity index (χ0) is 30.6. The highest BCUT2D eigenvalue weighted by atomic mass is 35.5. The number of carbonyl (C=O) groups is 2. The Morgan fingerprint density at radius 3 is 2.37 bits per heavy atom. The number of benzene rings is 2. The van der Waals surface area contributed by atoms with Gasteiger partial charge in [0.05, 0.1) is 22.1 Å². The first kappa shape index (κ1) is 30.2. The second-order valence-corrected chi connectivity index (χ2v) is 11.5. The monoisotopic (exact) mass is 621 g/mol. The molecule has 5 rings (SSSR count). The number of anilines is 3. The van der Waals surface area contributed by atoms with Crippen LogP contribution in [0.1, 0.15) is 50.3 Å². The van der Waals surface area contributed by atoms with Crippen LogP contribution in [-0.4, -0.2) is 33.9 Å². The molecule has 2 aromatic heterocycles. The highest BCUT2D eigenvalue weighted by molar-refractivity contribution is 6.45. The van der Waals surface area contributed by atoms with Crippen molar-refractivity contribution < 1.29 is 14.3 Å². The Bertz CT molecular complexity index is 1630. The molecule has 10 nitrogen and oxygen atoms in total. The minimum atomic E-state index is -0.501. The standard InChI is InChI=1S/C31H33Cl2N7O3/c1-19-7-9-20(10-8-19)40-26(18-24(39-40)31(2)14-5-4-6-15-31)38-30(42)36-22-11-12-23(28(33)27(22)32)43-21-13-16-35-25(17-21)37-29(41)34-3/h7-13,16-18H,4-6,14-15H2,1-3H3,(H2,36,38,42)(H2,34,35,37,41). The number of rotatable bonds is 7. The van der Waals surface area contributed by atoms with Gasteiger partial charge in [0, 0.05) is 30.8 Å². The van der Waals surface area contributed by atoms with Crippen molar-refractivity contribution in [2.24, 2.45) is 0 Å². The number of hydrogen-bond acceptors (Lipinski definition) is 5. The van der Waals surface area contributed by atoms with Crippen LogP contribution in [0.5, 0.6) is 11.5 Å². The quantitative estimate of drug-likeness (QED) is 0.165. The van der Waals surface area contributed by atoms with Crippen molar-refractivity contribution in [1.82, 2.24) is 20.1 Å². The molecule has 2 heterocycles. The zero-order valence-corrected chi connectivity index (χ0v) is 25.6. The lowest BCUT2D eigenvalue weighted by Crippen LogP contribution is -2.25. The van der Waals surface area contributed by atoms with Crippen molar-refractivity contribution in [3.63, 3.8) is 0 Å². The Morgan fingerprint density at radius 2 is 1.65 bits per heavy atom. The third-order valence-electron chi connectivity index (χ3n) is 7.53. The predicted octanol–water partition coefficient (Wildman–Crippen LogP) is 8.29. The number of ether oxygens (including phenoxy) is 1. The maximum absolute atomic E-state index is 13.2. The predicted molar refractivity (Wildman–Crippen MR) is 170 cm³/mol. The number of amides is 4. The number of pyridine rings is 1. The summed E-state index contributed by atoms with van der Waals surface area (Å²) in [4.78, 5) is 28.9. The van der Waals surface area contributed by atoms with Crippen LogP contribution in [0, 0.1) is 6.92 Å². The van der Waals surface area contributed by atoms with Gasteiger partial charge in [-0.3, -0.25) is 10.6 Å². The normalized spacial score (nSPS) is 14.1. The third kappa shape index (κ3) is 7.03. The summed E-state index contributed by atoms with van der Waals surface area (Å²) in [6, 6.07) is 15.4. The molecule has 4 N–H and O–H groups in total. The fourth-order valence-electron chi connectivity index (χ4n) is 5.06. The van der Waals surface area contributed by atoms with Gasteiger partial charge in [-0.2, -0.15) is 5.10 Å². The van der Waals surface area contributed by atoms with Crippen LogP contribution < -0.4 is 26.0 Å². The van der Waals surface area contributed by atoms with Gasteiger partial charge in [-0.1, -0.05) is 67.1 Å². The van der Waals surface area contributed by atoms with Crippen LogP contribution in [0.4, 0.5) is 26.9 Å². The van der Waals surface area contributed by atoms with Crippen LogP contribution in [0.25, 0.3) is 5.69 Å². The van der Waals surface area contributed by atoms with Crippen LogP contribution in [0.3, 0.4) is 0 Å². The zero-order valence-electron chi connectivity index (χ0n) is 24.1. The van der Waals surface area contributed by atoms with Crippen molar-refractivity contribution in [2.75, 3.05) is 23.0 Å². The van der Waals surface area contributed by atoms with Crippen molar-refractivity contribution in [2.45, 2.75) is 51.4 Å². The third-order valence-corrected chi connectivity index (χ3v) is 8.39. The van der Waals surface area contributed by atoms with Gasteiger partial charge < -0.3 is 15.4 Å². The number of aromatic nitrogens is 3. The molecule has 0 radical (unpaired) electrons. The first-order valence-corrected chi connectivity index (χ1v) is 14.8. The number of aryl methyl sites for hydroxylation is 1. The molecule has 4 aromatic rings. The van der Waals surface area contributed by atoms with E-state index in [1.54, 1.807) is 22.9 Å². The lowest BCUT2D eigenvalue weighted by atomic mass is 9.73. The Labute approximate surface area is 260 Å². The summed E-state index contributed by atoms with van der Waals surface area (Å²) in [6.45, 7) is 4.27. The molecular weight excluding hydrogens is 589 g/mol. The van der Waals surface area contributed by atoms with Crippen molar-refractivity contribution in [3.8, 4) is 17.2 Å². The molecule has 2 aromatic carbocycles. The summed E-state index contributed by atoms with van der Waals surface area (Å²) < 4.78 is 7.64. The second-order valence-electron chi connectivity index (χ2n) is 10.8. The van der Waals surface area contributed by atoms with E-state index < -0.39 is 12.1 Å². The minimum Gasteiger partial charge on any atom is -0.456 e. The number of urea groups is 2. The highest BCUT2D eigenvalue weighted by Crippen LogP contribution is 2.41. The molecule has 1 fully saturated rings. The van der Waals surface area contributed by atoms with Gasteiger partial charge in [0.25, 0.3) is 0 Å². The van der Waals surface area contributed by atoms with Gasteiger partial charge in [0.1, 0.15) is 28.2 Å². The topological polar surface area (TPSA) is 122 Å². The molecule has 0 atom stereocenters. The summed E-state index contributed by atoms with van der Waals surface area (Å²) >= 11 is 13.1. The Balaban J connectivity index is 1.34. The van der Waals surface area contributed by atoms with E-state index in [1.807, 2.05) is 37.3 Å². The van der Waals surface area contributed by atoms with E-state index in [2.05, 4.69) is 33.2 Å². The highest BCUT2D eigenvalue weighted by Gasteiger charge is 2.32. The van der Waals surface area contributed by atoms with E-state index in [0.29, 0.717) is 23.1 Å².